The molecule has 0 aliphatic carbocycles. The molecule has 3 N–H and O–H groups in total. The van der Waals surface area contributed by atoms with Crippen LogP contribution < -0.4 is 10.5 Å². The van der Waals surface area contributed by atoms with Gasteiger partial charge in [-0.15, -0.1) is 10.2 Å². The summed E-state index contributed by atoms with van der Waals surface area (Å²) < 4.78 is 22.0. The van der Waals surface area contributed by atoms with Crippen LogP contribution in [0.1, 0.15) is 40.1 Å². The number of anilines is 1. The van der Waals surface area contributed by atoms with E-state index in [1.165, 1.54) is 11.3 Å². The average Bonchev–Trinajstić information content (AvgIpc) is 2.89. The van der Waals surface area contributed by atoms with Gasteiger partial charge in [0.15, 0.2) is 0 Å². The number of aromatic nitrogens is 2. The van der Waals surface area contributed by atoms with Gasteiger partial charge in [0.05, 0.1) is 5.75 Å². The Kier molecular flexibility index (Phi) is 4.89. The Hall–Kier alpha value is -1.84. The highest BCUT2D eigenvalue weighted by Gasteiger charge is 2.14. The second-order valence-electron chi connectivity index (χ2n) is 5.06. The van der Waals surface area contributed by atoms with Crippen LogP contribution in [0.25, 0.3) is 0 Å². The Bertz CT molecular complexity index is 767. The maximum atomic E-state index is 12.0. The van der Waals surface area contributed by atoms with E-state index in [0.717, 1.165) is 5.01 Å². The molecular formula is C13H16N4O3S2. The maximum Gasteiger partial charge on any atom is 0.286 e. The summed E-state index contributed by atoms with van der Waals surface area (Å²) in [5.74, 6) is -0.366. The van der Waals surface area contributed by atoms with Crippen molar-refractivity contribution in [2.24, 2.45) is 5.14 Å². The number of primary sulfonamides is 1. The van der Waals surface area contributed by atoms with Gasteiger partial charge in [-0.1, -0.05) is 37.3 Å². The van der Waals surface area contributed by atoms with Crippen LogP contribution in [0.4, 0.5) is 5.69 Å². The van der Waals surface area contributed by atoms with Crippen molar-refractivity contribution < 1.29 is 13.2 Å². The van der Waals surface area contributed by atoms with E-state index in [-0.39, 0.29) is 22.6 Å². The maximum absolute atomic E-state index is 12.0. The monoisotopic (exact) mass is 340 g/mol. The topological polar surface area (TPSA) is 115 Å². The van der Waals surface area contributed by atoms with Crippen molar-refractivity contribution in [1.29, 1.82) is 0 Å². The first-order chi connectivity index (χ1) is 10.2. The zero-order chi connectivity index (χ0) is 16.3. The third-order valence-corrected chi connectivity index (χ3v) is 4.67. The van der Waals surface area contributed by atoms with E-state index in [2.05, 4.69) is 15.5 Å². The summed E-state index contributed by atoms with van der Waals surface area (Å²) in [5.41, 5.74) is 1.10. The summed E-state index contributed by atoms with van der Waals surface area (Å²) in [6, 6.07) is 6.42. The summed E-state index contributed by atoms with van der Waals surface area (Å²) in [7, 11) is -3.57. The predicted octanol–water partition coefficient (Wildman–Crippen LogP) is 1.70. The van der Waals surface area contributed by atoms with Crippen molar-refractivity contribution in [3.05, 3.63) is 39.8 Å². The van der Waals surface area contributed by atoms with Gasteiger partial charge in [0.25, 0.3) is 5.91 Å². The summed E-state index contributed by atoms with van der Waals surface area (Å²) >= 11 is 1.25. The molecule has 1 heterocycles. The molecular weight excluding hydrogens is 324 g/mol. The third-order valence-electron chi connectivity index (χ3n) is 2.71. The van der Waals surface area contributed by atoms with Crippen molar-refractivity contribution >= 4 is 33.0 Å². The number of amides is 1. The minimum absolute atomic E-state index is 0.219. The summed E-state index contributed by atoms with van der Waals surface area (Å²) in [4.78, 5) is 12.0. The van der Waals surface area contributed by atoms with Gasteiger partial charge >= 0.3 is 0 Å². The molecule has 22 heavy (non-hydrogen) atoms. The number of sulfonamides is 1. The lowest BCUT2D eigenvalue weighted by molar-refractivity contribution is 0.102. The average molecular weight is 340 g/mol. The molecule has 2 rings (SSSR count). The Balaban J connectivity index is 2.05. The van der Waals surface area contributed by atoms with Gasteiger partial charge in [0.1, 0.15) is 5.01 Å². The summed E-state index contributed by atoms with van der Waals surface area (Å²) in [6.45, 7) is 3.96. The van der Waals surface area contributed by atoms with Crippen LogP contribution in [-0.4, -0.2) is 24.5 Å². The highest BCUT2D eigenvalue weighted by Crippen LogP contribution is 2.20. The fourth-order valence-electron chi connectivity index (χ4n) is 1.66. The molecule has 0 fully saturated rings. The Morgan fingerprint density at radius 1 is 1.27 bits per heavy atom. The van der Waals surface area contributed by atoms with Gasteiger partial charge < -0.3 is 5.32 Å². The molecule has 0 radical (unpaired) electrons. The van der Waals surface area contributed by atoms with E-state index in [1.807, 2.05) is 13.8 Å². The molecule has 0 saturated carbocycles. The lowest BCUT2D eigenvalue weighted by Gasteiger charge is -2.04. The second-order valence-corrected chi connectivity index (χ2v) is 7.68. The second kappa shape index (κ2) is 6.51. The van der Waals surface area contributed by atoms with E-state index in [4.69, 9.17) is 5.14 Å². The van der Waals surface area contributed by atoms with Gasteiger partial charge in [-0.25, -0.2) is 13.6 Å². The molecule has 118 valence electrons. The van der Waals surface area contributed by atoms with Crippen LogP contribution in [-0.2, 0) is 15.8 Å². The van der Waals surface area contributed by atoms with E-state index >= 15 is 0 Å². The summed E-state index contributed by atoms with van der Waals surface area (Å²) in [6.07, 6.45) is 0. The van der Waals surface area contributed by atoms with Crippen molar-refractivity contribution in [3.63, 3.8) is 0 Å². The van der Waals surface area contributed by atoms with E-state index in [1.54, 1.807) is 24.3 Å². The van der Waals surface area contributed by atoms with Crippen LogP contribution in [0.5, 0.6) is 0 Å². The lowest BCUT2D eigenvalue weighted by atomic mass is 10.2. The first kappa shape index (κ1) is 16.5. The first-order valence-corrected chi connectivity index (χ1v) is 9.02. The number of nitrogens with two attached hydrogens (primary N) is 1. The van der Waals surface area contributed by atoms with Crippen molar-refractivity contribution in [1.82, 2.24) is 10.2 Å². The van der Waals surface area contributed by atoms with Gasteiger partial charge in [0, 0.05) is 11.6 Å². The standard InChI is InChI=1S/C13H16N4O3S2/c1-8(2)12-16-17-13(21-12)11(18)15-10-5-3-9(4-6-10)7-22(14,19)20/h3-6,8H,7H2,1-2H3,(H,15,18)(H2,14,19,20). The fourth-order valence-corrected chi connectivity index (χ4v) is 3.06. The number of carbonyl (C=O) groups excluding carboxylic acids is 1. The van der Waals surface area contributed by atoms with Gasteiger partial charge in [-0.3, -0.25) is 4.79 Å². The minimum Gasteiger partial charge on any atom is -0.320 e. The Morgan fingerprint density at radius 2 is 1.91 bits per heavy atom. The van der Waals surface area contributed by atoms with E-state index in [0.29, 0.717) is 11.3 Å². The molecule has 2 aromatic rings. The van der Waals surface area contributed by atoms with Crippen LogP contribution in [0.15, 0.2) is 24.3 Å². The molecule has 0 spiro atoms. The number of rotatable bonds is 5. The molecule has 0 aliphatic rings. The molecule has 1 aromatic carbocycles. The zero-order valence-corrected chi connectivity index (χ0v) is 13.7. The van der Waals surface area contributed by atoms with Crippen LogP contribution >= 0.6 is 11.3 Å². The van der Waals surface area contributed by atoms with Crippen molar-refractivity contribution in [2.75, 3.05) is 5.32 Å². The Labute approximate surface area is 132 Å². The quantitative estimate of drug-likeness (QED) is 0.859. The lowest BCUT2D eigenvalue weighted by Crippen LogP contribution is -2.14. The smallest absolute Gasteiger partial charge is 0.286 e. The number of nitrogens with one attached hydrogen (secondary N) is 1. The number of carbonyl (C=O) groups is 1. The normalized spacial score (nSPS) is 11.6. The number of benzene rings is 1. The Morgan fingerprint density at radius 3 is 2.41 bits per heavy atom. The van der Waals surface area contributed by atoms with Gasteiger partial charge in [-0.2, -0.15) is 0 Å². The van der Waals surface area contributed by atoms with Crippen molar-refractivity contribution in [2.45, 2.75) is 25.5 Å². The summed E-state index contributed by atoms with van der Waals surface area (Å²) in [5, 5.41) is 16.6. The van der Waals surface area contributed by atoms with Crippen LogP contribution in [0, 0.1) is 0 Å². The van der Waals surface area contributed by atoms with Crippen LogP contribution in [0.3, 0.4) is 0 Å². The number of hydrogen-bond donors (Lipinski definition) is 2. The molecule has 0 saturated heterocycles. The first-order valence-electron chi connectivity index (χ1n) is 6.49. The SMILES string of the molecule is CC(C)c1nnc(C(=O)Nc2ccc(CS(N)(=O)=O)cc2)s1. The molecule has 0 bridgehead atoms. The third kappa shape index (κ3) is 4.58. The number of nitrogens with zero attached hydrogens (tertiary/aromatic N) is 2. The molecule has 9 heteroatoms. The molecule has 0 aliphatic heterocycles. The van der Waals surface area contributed by atoms with Gasteiger partial charge in [0.2, 0.25) is 15.0 Å². The molecule has 7 nitrogen and oxygen atoms in total. The fraction of sp³-hybridized carbons (Fsp3) is 0.308. The predicted molar refractivity (Wildman–Crippen MR) is 85.2 cm³/mol. The van der Waals surface area contributed by atoms with E-state index in [9.17, 15) is 13.2 Å². The van der Waals surface area contributed by atoms with Crippen LogP contribution in [0.2, 0.25) is 0 Å². The van der Waals surface area contributed by atoms with Gasteiger partial charge in [-0.05, 0) is 17.7 Å². The van der Waals surface area contributed by atoms with E-state index < -0.39 is 10.0 Å². The minimum atomic E-state index is -3.57. The molecule has 1 amide bonds. The highest BCUT2D eigenvalue weighted by molar-refractivity contribution is 7.88. The van der Waals surface area contributed by atoms with Crippen molar-refractivity contribution in [3.8, 4) is 0 Å². The molecule has 0 unspecified atom stereocenters. The zero-order valence-electron chi connectivity index (χ0n) is 12.1. The number of hydrogen-bond acceptors (Lipinski definition) is 6. The molecule has 0 atom stereocenters. The largest absolute Gasteiger partial charge is 0.320 e. The molecule has 1 aromatic heterocycles. The highest BCUT2D eigenvalue weighted by atomic mass is 32.2.